The highest BCUT2D eigenvalue weighted by atomic mass is 35.5. The van der Waals surface area contributed by atoms with E-state index >= 15 is 0 Å². The minimum absolute atomic E-state index is 0.143. The Morgan fingerprint density at radius 2 is 1.75 bits per heavy atom. The van der Waals surface area contributed by atoms with Gasteiger partial charge in [0.05, 0.1) is 6.21 Å². The summed E-state index contributed by atoms with van der Waals surface area (Å²) < 4.78 is 14.0. The van der Waals surface area contributed by atoms with Gasteiger partial charge in [0.1, 0.15) is 5.82 Å². The first-order chi connectivity index (χ1) is 13.5. The Bertz CT molecular complexity index is 815. The molecular weight excluding hydrogens is 397 g/mol. The highest BCUT2D eigenvalue weighted by Gasteiger charge is 2.19. The molecule has 2 aromatic rings. The van der Waals surface area contributed by atoms with Gasteiger partial charge in [-0.05, 0) is 35.5 Å². The van der Waals surface area contributed by atoms with E-state index in [9.17, 15) is 4.39 Å². The van der Waals surface area contributed by atoms with E-state index in [-0.39, 0.29) is 10.9 Å². The fraction of sp³-hybridized carbons (Fsp3) is 0.300. The lowest BCUT2D eigenvalue weighted by Gasteiger charge is -2.35. The molecule has 0 aromatic heterocycles. The lowest BCUT2D eigenvalue weighted by Crippen LogP contribution is -2.45. The van der Waals surface area contributed by atoms with Crippen molar-refractivity contribution in [3.63, 3.8) is 0 Å². The minimum atomic E-state index is -0.234. The van der Waals surface area contributed by atoms with Gasteiger partial charge in [-0.1, -0.05) is 41.9 Å². The zero-order valence-corrected chi connectivity index (χ0v) is 17.0. The quantitative estimate of drug-likeness (QED) is 0.428. The largest absolute Gasteiger partial charge is 0.375 e. The van der Waals surface area contributed by atoms with Gasteiger partial charge in [-0.2, -0.15) is 5.10 Å². The molecule has 1 saturated heterocycles. The summed E-state index contributed by atoms with van der Waals surface area (Å²) >= 11 is 10.8. The number of rotatable bonds is 6. The maximum atomic E-state index is 14.0. The first kappa shape index (κ1) is 20.7. The topological polar surface area (TPSA) is 56.9 Å². The third-order valence-corrected chi connectivity index (χ3v) is 5.13. The number of hydrogen-bond donors (Lipinski definition) is 2. The lowest BCUT2D eigenvalue weighted by atomic mass is 10.1. The van der Waals surface area contributed by atoms with Gasteiger partial charge in [0, 0.05) is 49.9 Å². The first-order valence-corrected chi connectivity index (χ1v) is 9.85. The Labute approximate surface area is 175 Å². The Morgan fingerprint density at radius 1 is 1.11 bits per heavy atom. The standard InChI is InChI=1S/C20H23ClFN5S/c21-18-2-1-3-19(22)17(18)14-27-10-8-26(9-11-27)13-16-6-4-15(5-7-16)12-24-25-20(23)28/h1-7,12H,8-11,13-14H2,(H3,23,25,28). The van der Waals surface area contributed by atoms with Crippen LogP contribution >= 0.6 is 23.8 Å². The second-order valence-electron chi connectivity index (χ2n) is 6.73. The number of nitrogens with two attached hydrogens (primary N) is 1. The summed E-state index contributed by atoms with van der Waals surface area (Å²) in [5.74, 6) is -0.234. The number of piperazine rings is 1. The first-order valence-electron chi connectivity index (χ1n) is 9.06. The van der Waals surface area contributed by atoms with E-state index in [0.29, 0.717) is 17.1 Å². The zero-order chi connectivity index (χ0) is 19.9. The molecule has 0 spiro atoms. The molecule has 1 aliphatic rings. The second kappa shape index (κ2) is 9.93. The number of nitrogens with one attached hydrogen (secondary N) is 1. The number of benzene rings is 2. The van der Waals surface area contributed by atoms with Crippen LogP contribution in [0.15, 0.2) is 47.6 Å². The number of hydrogen-bond acceptors (Lipinski definition) is 4. The molecular formula is C20H23ClFN5S. The SMILES string of the molecule is NC(=S)NN=Cc1ccc(CN2CCN(Cc3c(F)cccc3Cl)CC2)cc1. The van der Waals surface area contributed by atoms with E-state index in [1.165, 1.54) is 11.6 Å². The highest BCUT2D eigenvalue weighted by Crippen LogP contribution is 2.21. The Balaban J connectivity index is 1.48. The summed E-state index contributed by atoms with van der Waals surface area (Å²) in [5.41, 5.74) is 10.7. The molecule has 0 saturated carbocycles. The Morgan fingerprint density at radius 3 is 2.36 bits per heavy atom. The van der Waals surface area contributed by atoms with Crippen LogP contribution in [-0.2, 0) is 13.1 Å². The average Bonchev–Trinajstić information content (AvgIpc) is 2.67. The van der Waals surface area contributed by atoms with Crippen molar-refractivity contribution < 1.29 is 4.39 Å². The summed E-state index contributed by atoms with van der Waals surface area (Å²) in [7, 11) is 0. The normalized spacial score (nSPS) is 15.8. The molecule has 0 atom stereocenters. The van der Waals surface area contributed by atoms with E-state index in [1.54, 1.807) is 18.3 Å². The van der Waals surface area contributed by atoms with Crippen molar-refractivity contribution in [3.8, 4) is 0 Å². The van der Waals surface area contributed by atoms with Gasteiger partial charge in [-0.15, -0.1) is 0 Å². The van der Waals surface area contributed by atoms with Crippen LogP contribution in [0.4, 0.5) is 4.39 Å². The molecule has 0 bridgehead atoms. The van der Waals surface area contributed by atoms with E-state index < -0.39 is 0 Å². The fourth-order valence-corrected chi connectivity index (χ4v) is 3.43. The molecule has 8 heteroatoms. The van der Waals surface area contributed by atoms with Crippen LogP contribution in [0.1, 0.15) is 16.7 Å². The molecule has 148 valence electrons. The van der Waals surface area contributed by atoms with Gasteiger partial charge in [0.25, 0.3) is 0 Å². The monoisotopic (exact) mass is 419 g/mol. The Kier molecular flexibility index (Phi) is 7.33. The van der Waals surface area contributed by atoms with E-state index in [2.05, 4.69) is 32.5 Å². The van der Waals surface area contributed by atoms with Crippen LogP contribution in [0.3, 0.4) is 0 Å². The molecule has 1 fully saturated rings. The third-order valence-electron chi connectivity index (χ3n) is 4.68. The summed E-state index contributed by atoms with van der Waals surface area (Å²) in [6, 6.07) is 13.0. The lowest BCUT2D eigenvalue weighted by molar-refractivity contribution is 0.121. The maximum Gasteiger partial charge on any atom is 0.184 e. The van der Waals surface area contributed by atoms with Crippen LogP contribution in [0, 0.1) is 5.82 Å². The second-order valence-corrected chi connectivity index (χ2v) is 7.58. The predicted molar refractivity (Wildman–Crippen MR) is 116 cm³/mol. The van der Waals surface area contributed by atoms with Gasteiger partial charge in [-0.25, -0.2) is 4.39 Å². The molecule has 0 aliphatic carbocycles. The van der Waals surface area contributed by atoms with E-state index in [4.69, 9.17) is 29.6 Å². The predicted octanol–water partition coefficient (Wildman–Crippen LogP) is 2.96. The van der Waals surface area contributed by atoms with Crippen LogP contribution < -0.4 is 11.2 Å². The van der Waals surface area contributed by atoms with Gasteiger partial charge in [0.15, 0.2) is 5.11 Å². The van der Waals surface area contributed by atoms with Crippen LogP contribution in [0.2, 0.25) is 5.02 Å². The maximum absolute atomic E-state index is 14.0. The Hall–Kier alpha value is -2.06. The third kappa shape index (κ3) is 5.97. The fourth-order valence-electron chi connectivity index (χ4n) is 3.15. The van der Waals surface area contributed by atoms with Crippen LogP contribution in [0.25, 0.3) is 0 Å². The van der Waals surface area contributed by atoms with Crippen molar-refractivity contribution >= 4 is 35.1 Å². The molecule has 3 rings (SSSR count). The number of halogens is 2. The van der Waals surface area contributed by atoms with E-state index in [1.807, 2.05) is 12.1 Å². The summed E-state index contributed by atoms with van der Waals surface area (Å²) in [5, 5.41) is 4.59. The molecule has 28 heavy (non-hydrogen) atoms. The molecule has 3 N–H and O–H groups in total. The van der Waals surface area contributed by atoms with E-state index in [0.717, 1.165) is 38.3 Å². The average molecular weight is 420 g/mol. The summed E-state index contributed by atoms with van der Waals surface area (Å²) in [6.07, 6.45) is 1.68. The zero-order valence-electron chi connectivity index (χ0n) is 15.4. The van der Waals surface area contributed by atoms with Crippen molar-refractivity contribution in [2.75, 3.05) is 26.2 Å². The molecule has 0 unspecified atom stereocenters. The van der Waals surface area contributed by atoms with Crippen LogP contribution in [0.5, 0.6) is 0 Å². The molecule has 0 amide bonds. The number of hydrazone groups is 1. The number of thiocarbonyl (C=S) groups is 1. The van der Waals surface area contributed by atoms with Crippen molar-refractivity contribution in [1.29, 1.82) is 0 Å². The molecule has 5 nitrogen and oxygen atoms in total. The van der Waals surface area contributed by atoms with Gasteiger partial charge >= 0.3 is 0 Å². The van der Waals surface area contributed by atoms with Crippen molar-refractivity contribution in [2.45, 2.75) is 13.1 Å². The van der Waals surface area contributed by atoms with Crippen LogP contribution in [-0.4, -0.2) is 47.3 Å². The molecule has 1 heterocycles. The molecule has 1 aliphatic heterocycles. The molecule has 2 aromatic carbocycles. The summed E-state index contributed by atoms with van der Waals surface area (Å²) in [6.45, 7) is 5.09. The van der Waals surface area contributed by atoms with Gasteiger partial charge in [-0.3, -0.25) is 15.2 Å². The van der Waals surface area contributed by atoms with Crippen molar-refractivity contribution in [1.82, 2.24) is 15.2 Å². The minimum Gasteiger partial charge on any atom is -0.375 e. The number of nitrogens with zero attached hydrogens (tertiary/aromatic N) is 3. The van der Waals surface area contributed by atoms with Gasteiger partial charge in [0.2, 0.25) is 0 Å². The smallest absolute Gasteiger partial charge is 0.184 e. The van der Waals surface area contributed by atoms with Gasteiger partial charge < -0.3 is 5.73 Å². The molecule has 0 radical (unpaired) electrons. The highest BCUT2D eigenvalue weighted by molar-refractivity contribution is 7.80. The van der Waals surface area contributed by atoms with Crippen molar-refractivity contribution in [3.05, 3.63) is 70.0 Å². The van der Waals surface area contributed by atoms with Crippen molar-refractivity contribution in [2.24, 2.45) is 10.8 Å². The summed E-state index contributed by atoms with van der Waals surface area (Å²) in [4.78, 5) is 4.65.